The van der Waals surface area contributed by atoms with Crippen LogP contribution >= 0.6 is 0 Å². The van der Waals surface area contributed by atoms with Crippen molar-refractivity contribution in [2.24, 2.45) is 5.92 Å². The highest BCUT2D eigenvalue weighted by molar-refractivity contribution is 6.04. The van der Waals surface area contributed by atoms with Crippen LogP contribution in [0.1, 0.15) is 42.2 Å². The summed E-state index contributed by atoms with van der Waals surface area (Å²) in [5.74, 6) is -2.73. The normalized spacial score (nSPS) is 13.9. The van der Waals surface area contributed by atoms with E-state index in [1.165, 1.54) is 13.4 Å². The third-order valence-electron chi connectivity index (χ3n) is 4.51. The van der Waals surface area contributed by atoms with E-state index in [9.17, 15) is 22.8 Å². The summed E-state index contributed by atoms with van der Waals surface area (Å²) in [7, 11) is 1.50. The molecule has 146 valence electrons. The van der Waals surface area contributed by atoms with Gasteiger partial charge in [-0.25, -0.2) is 9.97 Å². The number of benzene rings is 1. The number of para-hydroxylation sites is 1. The molecule has 0 saturated heterocycles. The van der Waals surface area contributed by atoms with Crippen molar-refractivity contribution in [1.29, 1.82) is 0 Å². The number of nitrogens with zero attached hydrogens (tertiary/aromatic N) is 2. The summed E-state index contributed by atoms with van der Waals surface area (Å²) in [6.45, 7) is 3.55. The van der Waals surface area contributed by atoms with Crippen molar-refractivity contribution in [1.82, 2.24) is 20.6 Å². The first-order valence-corrected chi connectivity index (χ1v) is 8.51. The fraction of sp³-hybridized carbons (Fsp3) is 0.444. The second-order valence-electron chi connectivity index (χ2n) is 6.24. The van der Waals surface area contributed by atoms with Gasteiger partial charge in [0.2, 0.25) is 0 Å². The average Bonchev–Trinajstić information content (AvgIpc) is 2.64. The molecule has 1 heterocycles. The van der Waals surface area contributed by atoms with Gasteiger partial charge >= 0.3 is 12.1 Å². The van der Waals surface area contributed by atoms with E-state index in [1.807, 2.05) is 18.3 Å². The Balaban J connectivity index is 2.35. The highest BCUT2D eigenvalue weighted by atomic mass is 19.4. The molecule has 0 bridgehead atoms. The molecule has 2 amide bonds. The predicted octanol–water partition coefficient (Wildman–Crippen LogP) is 2.80. The van der Waals surface area contributed by atoms with E-state index < -0.39 is 12.1 Å². The molecule has 0 aliphatic carbocycles. The predicted molar refractivity (Wildman–Crippen MR) is 94.2 cm³/mol. The van der Waals surface area contributed by atoms with E-state index in [1.54, 1.807) is 19.1 Å². The number of aromatic nitrogens is 2. The van der Waals surface area contributed by atoms with Gasteiger partial charge in [0, 0.05) is 19.0 Å². The maximum absolute atomic E-state index is 12.4. The number of halogens is 3. The van der Waals surface area contributed by atoms with Gasteiger partial charge in [-0.3, -0.25) is 9.59 Å². The quantitative estimate of drug-likeness (QED) is 0.805. The second kappa shape index (κ2) is 8.32. The minimum Gasteiger partial charge on any atom is -0.354 e. The second-order valence-corrected chi connectivity index (χ2v) is 6.24. The monoisotopic (exact) mass is 382 g/mol. The zero-order chi connectivity index (χ0) is 20.2. The lowest BCUT2D eigenvalue weighted by atomic mass is 9.83. The fourth-order valence-electron chi connectivity index (χ4n) is 3.13. The molecule has 2 atom stereocenters. The first kappa shape index (κ1) is 20.6. The lowest BCUT2D eigenvalue weighted by Gasteiger charge is -2.25. The first-order chi connectivity index (χ1) is 12.7. The summed E-state index contributed by atoms with van der Waals surface area (Å²) in [5, 5.41) is 5.02. The molecule has 2 aromatic rings. The molecule has 0 fully saturated rings. The molecular weight excluding hydrogens is 361 g/mol. The zero-order valence-corrected chi connectivity index (χ0v) is 15.2. The van der Waals surface area contributed by atoms with E-state index in [0.717, 1.165) is 5.56 Å². The molecular formula is C18H21F3N4O2. The van der Waals surface area contributed by atoms with Crippen molar-refractivity contribution in [3.8, 4) is 0 Å². The number of amides is 2. The number of fused-ring (bicyclic) bond motifs is 1. The Kier molecular flexibility index (Phi) is 6.35. The molecule has 1 aromatic carbocycles. The summed E-state index contributed by atoms with van der Waals surface area (Å²) in [4.78, 5) is 31.4. The van der Waals surface area contributed by atoms with Crippen molar-refractivity contribution in [2.45, 2.75) is 32.4 Å². The summed E-state index contributed by atoms with van der Waals surface area (Å²) >= 11 is 0. The number of hydrogen-bond acceptors (Lipinski definition) is 4. The Morgan fingerprint density at radius 1 is 1.22 bits per heavy atom. The molecule has 1 aromatic heterocycles. The Bertz CT molecular complexity index is 839. The van der Waals surface area contributed by atoms with Gasteiger partial charge in [-0.15, -0.1) is 0 Å². The zero-order valence-electron chi connectivity index (χ0n) is 15.2. The maximum atomic E-state index is 12.4. The van der Waals surface area contributed by atoms with Gasteiger partial charge in [-0.05, 0) is 23.8 Å². The molecule has 2 rings (SSSR count). The first-order valence-electron chi connectivity index (χ1n) is 8.51. The number of carbonyl (C=O) groups excluding carboxylic acids is 2. The maximum Gasteiger partial charge on any atom is 0.471 e. The SMILES string of the molecule is CCC(c1cccc2c(C(=O)NC)ncnc12)C(C)CNC(=O)C(F)(F)F. The molecule has 2 unspecified atom stereocenters. The van der Waals surface area contributed by atoms with E-state index in [2.05, 4.69) is 15.3 Å². The number of alkyl halides is 3. The molecule has 0 aliphatic rings. The van der Waals surface area contributed by atoms with Gasteiger partial charge in [-0.1, -0.05) is 32.0 Å². The highest BCUT2D eigenvalue weighted by Crippen LogP contribution is 2.33. The van der Waals surface area contributed by atoms with Crippen LogP contribution in [0.15, 0.2) is 24.5 Å². The van der Waals surface area contributed by atoms with Crippen LogP contribution in [0.25, 0.3) is 10.9 Å². The van der Waals surface area contributed by atoms with Gasteiger partial charge in [0.25, 0.3) is 5.91 Å². The molecule has 0 aliphatic heterocycles. The third-order valence-corrected chi connectivity index (χ3v) is 4.51. The summed E-state index contributed by atoms with van der Waals surface area (Å²) in [6.07, 6.45) is -2.99. The van der Waals surface area contributed by atoms with E-state index in [4.69, 9.17) is 0 Å². The van der Waals surface area contributed by atoms with Crippen molar-refractivity contribution in [2.75, 3.05) is 13.6 Å². The lowest BCUT2D eigenvalue weighted by Crippen LogP contribution is -2.39. The molecule has 9 heteroatoms. The van der Waals surface area contributed by atoms with Gasteiger partial charge in [0.15, 0.2) is 0 Å². The van der Waals surface area contributed by atoms with Crippen LogP contribution < -0.4 is 10.6 Å². The Labute approximate surface area is 154 Å². The molecule has 0 radical (unpaired) electrons. The van der Waals surface area contributed by atoms with Crippen molar-refractivity contribution >= 4 is 22.7 Å². The van der Waals surface area contributed by atoms with Crippen LogP contribution in [0.3, 0.4) is 0 Å². The molecule has 0 saturated carbocycles. The Hall–Kier alpha value is -2.71. The standard InChI is InChI=1S/C18H21F3N4O2/c1-4-11(10(2)8-23-17(27)18(19,20)21)12-6-5-7-13-14(12)24-9-25-15(13)16(26)22-3/h5-7,9-11H,4,8H2,1-3H3,(H,22,26)(H,23,27). The van der Waals surface area contributed by atoms with E-state index in [0.29, 0.717) is 17.3 Å². The summed E-state index contributed by atoms with van der Waals surface area (Å²) in [6, 6.07) is 5.32. The smallest absolute Gasteiger partial charge is 0.354 e. The van der Waals surface area contributed by atoms with Gasteiger partial charge in [0.05, 0.1) is 5.52 Å². The fourth-order valence-corrected chi connectivity index (χ4v) is 3.13. The largest absolute Gasteiger partial charge is 0.471 e. The van der Waals surface area contributed by atoms with Crippen molar-refractivity contribution in [3.63, 3.8) is 0 Å². The van der Waals surface area contributed by atoms with Crippen molar-refractivity contribution < 1.29 is 22.8 Å². The Morgan fingerprint density at radius 2 is 1.93 bits per heavy atom. The molecule has 0 spiro atoms. The van der Waals surface area contributed by atoms with E-state index in [-0.39, 0.29) is 30.0 Å². The highest BCUT2D eigenvalue weighted by Gasteiger charge is 2.38. The number of carbonyl (C=O) groups is 2. The van der Waals surface area contributed by atoms with Crippen LogP contribution in [0.5, 0.6) is 0 Å². The lowest BCUT2D eigenvalue weighted by molar-refractivity contribution is -0.173. The number of hydrogen-bond donors (Lipinski definition) is 2. The average molecular weight is 382 g/mol. The van der Waals surface area contributed by atoms with Gasteiger partial charge in [-0.2, -0.15) is 13.2 Å². The van der Waals surface area contributed by atoms with Crippen LogP contribution in [0, 0.1) is 5.92 Å². The molecule has 27 heavy (non-hydrogen) atoms. The third kappa shape index (κ3) is 4.53. The number of rotatable bonds is 6. The van der Waals surface area contributed by atoms with Crippen LogP contribution in [-0.2, 0) is 4.79 Å². The van der Waals surface area contributed by atoms with Crippen LogP contribution in [0.4, 0.5) is 13.2 Å². The summed E-state index contributed by atoms with van der Waals surface area (Å²) in [5.41, 5.74) is 1.61. The minimum atomic E-state index is -4.91. The van der Waals surface area contributed by atoms with Gasteiger partial charge < -0.3 is 10.6 Å². The topological polar surface area (TPSA) is 84.0 Å². The van der Waals surface area contributed by atoms with Crippen LogP contribution in [-0.4, -0.2) is 41.6 Å². The molecule has 2 N–H and O–H groups in total. The molecule has 6 nitrogen and oxygen atoms in total. The minimum absolute atomic E-state index is 0.124. The summed E-state index contributed by atoms with van der Waals surface area (Å²) < 4.78 is 37.2. The van der Waals surface area contributed by atoms with Gasteiger partial charge in [0.1, 0.15) is 12.0 Å². The van der Waals surface area contributed by atoms with Crippen molar-refractivity contribution in [3.05, 3.63) is 35.8 Å². The number of nitrogens with one attached hydrogen (secondary N) is 2. The van der Waals surface area contributed by atoms with Crippen LogP contribution in [0.2, 0.25) is 0 Å². The van der Waals surface area contributed by atoms with E-state index >= 15 is 0 Å². The Morgan fingerprint density at radius 3 is 2.52 bits per heavy atom.